The van der Waals surface area contributed by atoms with Gasteiger partial charge in [0.05, 0.1) is 7.11 Å². The van der Waals surface area contributed by atoms with Gasteiger partial charge in [0, 0.05) is 11.7 Å². The molecule has 1 heterocycles. The van der Waals surface area contributed by atoms with Crippen LogP contribution in [0.2, 0.25) is 0 Å². The summed E-state index contributed by atoms with van der Waals surface area (Å²) in [7, 11) is 1.62. The van der Waals surface area contributed by atoms with E-state index in [4.69, 9.17) is 4.74 Å². The van der Waals surface area contributed by atoms with Crippen molar-refractivity contribution in [1.29, 1.82) is 0 Å². The lowest BCUT2D eigenvalue weighted by Gasteiger charge is -2.35. The number of anilines is 1. The first-order valence-corrected chi connectivity index (χ1v) is 12.5. The molecule has 1 aliphatic carbocycles. The Kier molecular flexibility index (Phi) is 6.39. The van der Waals surface area contributed by atoms with Crippen molar-refractivity contribution in [3.8, 4) is 5.75 Å². The number of ether oxygens (including phenoxy) is 1. The Balaban J connectivity index is 1.40. The number of carbonyl (C=O) groups is 3. The van der Waals surface area contributed by atoms with Crippen LogP contribution in [0.1, 0.15) is 44.6 Å². The monoisotopic (exact) mass is 485 g/mol. The van der Waals surface area contributed by atoms with Crippen molar-refractivity contribution in [3.05, 3.63) is 72.3 Å². The molecule has 5 rings (SSSR count). The Bertz CT molecular complexity index is 1300. The van der Waals surface area contributed by atoms with E-state index in [0.29, 0.717) is 5.56 Å². The van der Waals surface area contributed by atoms with Crippen molar-refractivity contribution in [2.24, 2.45) is 0 Å². The van der Waals surface area contributed by atoms with E-state index in [-0.39, 0.29) is 18.5 Å². The van der Waals surface area contributed by atoms with Gasteiger partial charge in [-0.1, -0.05) is 55.7 Å². The Morgan fingerprint density at radius 2 is 1.69 bits per heavy atom. The van der Waals surface area contributed by atoms with Crippen molar-refractivity contribution in [2.75, 3.05) is 18.6 Å². The maximum Gasteiger partial charge on any atom is 0.325 e. The van der Waals surface area contributed by atoms with Crippen LogP contribution in [-0.4, -0.2) is 42.4 Å². The third-order valence-electron chi connectivity index (χ3n) is 7.44. The average Bonchev–Trinajstić information content (AvgIpc) is 3.13. The number of methoxy groups -OCH3 is 1. The second kappa shape index (κ2) is 9.64. The topological polar surface area (TPSA) is 79.0 Å². The molecule has 0 aromatic heterocycles. The van der Waals surface area contributed by atoms with E-state index in [2.05, 4.69) is 5.32 Å². The summed E-state index contributed by atoms with van der Waals surface area (Å²) in [5, 5.41) is 4.74. The van der Waals surface area contributed by atoms with Crippen molar-refractivity contribution in [2.45, 2.75) is 50.6 Å². The lowest BCUT2D eigenvalue weighted by atomic mass is 9.90. The second-order valence-electron chi connectivity index (χ2n) is 9.77. The first-order valence-electron chi connectivity index (χ1n) is 12.5. The van der Waals surface area contributed by atoms with E-state index < -0.39 is 17.5 Å². The van der Waals surface area contributed by atoms with Gasteiger partial charge in [0.15, 0.2) is 0 Å². The number of carbonyl (C=O) groups excluding carboxylic acids is 3. The van der Waals surface area contributed by atoms with E-state index in [1.807, 2.05) is 66.7 Å². The molecule has 0 radical (unpaired) electrons. The molecule has 7 heteroatoms. The SMILES string of the molecule is COc1ccc2cc([C@@]3(C)NC(=O)N(CC(=O)N(c4ccccc4)C4CCCCC4)C3=O)ccc2c1. The van der Waals surface area contributed by atoms with E-state index in [0.717, 1.165) is 59.2 Å². The molecular weight excluding hydrogens is 454 g/mol. The maximum atomic E-state index is 13.6. The van der Waals surface area contributed by atoms with E-state index >= 15 is 0 Å². The number of amides is 4. The molecular formula is C29H31N3O4. The molecule has 1 aliphatic heterocycles. The normalized spacial score (nSPS) is 20.4. The van der Waals surface area contributed by atoms with Gasteiger partial charge in [-0.15, -0.1) is 0 Å². The van der Waals surface area contributed by atoms with Gasteiger partial charge in [-0.3, -0.25) is 14.5 Å². The van der Waals surface area contributed by atoms with Crippen LogP contribution in [0.4, 0.5) is 10.5 Å². The summed E-state index contributed by atoms with van der Waals surface area (Å²) in [6, 6.07) is 20.4. The number of rotatable bonds is 6. The van der Waals surface area contributed by atoms with Crippen LogP contribution in [-0.2, 0) is 15.1 Å². The number of hydrogen-bond donors (Lipinski definition) is 1. The Morgan fingerprint density at radius 1 is 1.00 bits per heavy atom. The van der Waals surface area contributed by atoms with Gasteiger partial charge in [0.1, 0.15) is 17.8 Å². The lowest BCUT2D eigenvalue weighted by molar-refractivity contribution is -0.134. The number of nitrogens with zero attached hydrogens (tertiary/aromatic N) is 2. The maximum absolute atomic E-state index is 13.6. The van der Waals surface area contributed by atoms with Crippen LogP contribution in [0.5, 0.6) is 5.75 Å². The van der Waals surface area contributed by atoms with Gasteiger partial charge in [-0.2, -0.15) is 0 Å². The number of urea groups is 1. The highest BCUT2D eigenvalue weighted by Crippen LogP contribution is 2.33. The number of para-hydroxylation sites is 1. The summed E-state index contributed by atoms with van der Waals surface area (Å²) < 4.78 is 5.30. The van der Waals surface area contributed by atoms with Crippen LogP contribution in [0.15, 0.2) is 66.7 Å². The predicted octanol–water partition coefficient (Wildman–Crippen LogP) is 4.98. The zero-order valence-corrected chi connectivity index (χ0v) is 20.7. The Labute approximate surface area is 211 Å². The Hall–Kier alpha value is -3.87. The number of nitrogens with one attached hydrogen (secondary N) is 1. The van der Waals surface area contributed by atoms with Gasteiger partial charge in [0.25, 0.3) is 5.91 Å². The van der Waals surface area contributed by atoms with Crippen molar-refractivity contribution < 1.29 is 19.1 Å². The number of imide groups is 1. The van der Waals surface area contributed by atoms with Crippen LogP contribution in [0.3, 0.4) is 0 Å². The van der Waals surface area contributed by atoms with E-state index in [1.165, 1.54) is 0 Å². The fourth-order valence-electron chi connectivity index (χ4n) is 5.40. The molecule has 1 saturated heterocycles. The molecule has 4 amide bonds. The highest BCUT2D eigenvalue weighted by molar-refractivity contribution is 6.11. The van der Waals surface area contributed by atoms with Crippen LogP contribution in [0.25, 0.3) is 10.8 Å². The zero-order valence-electron chi connectivity index (χ0n) is 20.7. The molecule has 2 fully saturated rings. The minimum absolute atomic E-state index is 0.0679. The Morgan fingerprint density at radius 3 is 2.42 bits per heavy atom. The summed E-state index contributed by atoms with van der Waals surface area (Å²) >= 11 is 0. The molecule has 0 bridgehead atoms. The number of hydrogen-bond acceptors (Lipinski definition) is 4. The second-order valence-corrected chi connectivity index (χ2v) is 9.77. The fourth-order valence-corrected chi connectivity index (χ4v) is 5.40. The third kappa shape index (κ3) is 4.30. The molecule has 36 heavy (non-hydrogen) atoms. The summed E-state index contributed by atoms with van der Waals surface area (Å²) in [6.45, 7) is 1.40. The molecule has 1 saturated carbocycles. The summed E-state index contributed by atoms with van der Waals surface area (Å²) in [5.41, 5.74) is 0.211. The van der Waals surface area contributed by atoms with Crippen molar-refractivity contribution in [3.63, 3.8) is 0 Å². The summed E-state index contributed by atoms with van der Waals surface area (Å²) in [5.74, 6) is 0.0779. The summed E-state index contributed by atoms with van der Waals surface area (Å²) in [4.78, 5) is 43.1. The average molecular weight is 486 g/mol. The third-order valence-corrected chi connectivity index (χ3v) is 7.44. The molecule has 0 unspecified atom stereocenters. The van der Waals surface area contributed by atoms with Crippen molar-refractivity contribution >= 4 is 34.3 Å². The smallest absolute Gasteiger partial charge is 0.325 e. The fraction of sp³-hybridized carbons (Fsp3) is 0.345. The predicted molar refractivity (Wildman–Crippen MR) is 139 cm³/mol. The first kappa shape index (κ1) is 23.9. The molecule has 3 aromatic rings. The van der Waals surface area contributed by atoms with Gasteiger partial charge in [0.2, 0.25) is 5.91 Å². The largest absolute Gasteiger partial charge is 0.497 e. The van der Waals surface area contributed by atoms with Gasteiger partial charge in [-0.25, -0.2) is 4.79 Å². The first-order chi connectivity index (χ1) is 17.4. The highest BCUT2D eigenvalue weighted by atomic mass is 16.5. The van der Waals surface area contributed by atoms with Crippen LogP contribution >= 0.6 is 0 Å². The van der Waals surface area contributed by atoms with Crippen molar-refractivity contribution in [1.82, 2.24) is 10.2 Å². The highest BCUT2D eigenvalue weighted by Gasteiger charge is 2.50. The zero-order chi connectivity index (χ0) is 25.3. The van der Waals surface area contributed by atoms with E-state index in [9.17, 15) is 14.4 Å². The van der Waals surface area contributed by atoms with Gasteiger partial charge < -0.3 is 15.0 Å². The van der Waals surface area contributed by atoms with Gasteiger partial charge >= 0.3 is 6.03 Å². The molecule has 1 atom stereocenters. The minimum Gasteiger partial charge on any atom is -0.497 e. The van der Waals surface area contributed by atoms with Crippen LogP contribution < -0.4 is 15.0 Å². The standard InChI is InChI=1S/C29H31N3O4/c1-29(22-15-13-21-18-25(36-2)16-14-20(21)17-22)27(34)31(28(35)30-29)19-26(33)32(23-9-5-3-6-10-23)24-11-7-4-8-12-24/h3,5-6,9-10,13-18,24H,4,7-8,11-12,19H2,1-2H3,(H,30,35)/t29-/m1/s1. The quantitative estimate of drug-likeness (QED) is 0.500. The molecule has 2 aliphatic rings. The molecule has 7 nitrogen and oxygen atoms in total. The molecule has 0 spiro atoms. The molecule has 3 aromatic carbocycles. The number of fused-ring (bicyclic) bond motifs is 1. The molecule has 186 valence electrons. The van der Waals surface area contributed by atoms with Gasteiger partial charge in [-0.05, 0) is 66.4 Å². The minimum atomic E-state index is -1.26. The molecule has 1 N–H and O–H groups in total. The van der Waals surface area contributed by atoms with Crippen LogP contribution in [0, 0.1) is 0 Å². The number of benzene rings is 3. The van der Waals surface area contributed by atoms with E-state index in [1.54, 1.807) is 18.9 Å². The lowest BCUT2D eigenvalue weighted by Crippen LogP contribution is -2.48. The summed E-state index contributed by atoms with van der Waals surface area (Å²) in [6.07, 6.45) is 5.13.